The summed E-state index contributed by atoms with van der Waals surface area (Å²) in [5.41, 5.74) is 2.37. The number of thiocarbonyl (C=S) groups is 1. The molecule has 1 rings (SSSR count). The van der Waals surface area contributed by atoms with Crippen molar-refractivity contribution in [2.45, 2.75) is 51.9 Å². The Balaban J connectivity index is 2.15. The number of carbonyl (C=O) groups is 1. The summed E-state index contributed by atoms with van der Waals surface area (Å²) < 4.78 is 4.61. The topological polar surface area (TPSA) is 50.4 Å². The lowest BCUT2D eigenvalue weighted by molar-refractivity contribution is -0.140. The first kappa shape index (κ1) is 19.4. The molecule has 0 bridgehead atoms. The van der Waals surface area contributed by atoms with Crippen LogP contribution >= 0.6 is 12.2 Å². The van der Waals surface area contributed by atoms with Gasteiger partial charge in [-0.2, -0.15) is 0 Å². The summed E-state index contributed by atoms with van der Waals surface area (Å²) in [6.45, 7) is 3.01. The summed E-state index contributed by atoms with van der Waals surface area (Å²) in [5, 5.41) is 7.01. The lowest BCUT2D eigenvalue weighted by atomic mass is 10.1. The first-order valence-corrected chi connectivity index (χ1v) is 8.77. The van der Waals surface area contributed by atoms with Gasteiger partial charge in [0.15, 0.2) is 5.11 Å². The largest absolute Gasteiger partial charge is 0.469 e. The molecule has 1 aromatic carbocycles. The van der Waals surface area contributed by atoms with Crippen molar-refractivity contribution in [1.82, 2.24) is 5.32 Å². The number of carbonyl (C=O) groups excluding carboxylic acids is 1. The summed E-state index contributed by atoms with van der Waals surface area (Å²) >= 11 is 5.28. The molecule has 0 aromatic heterocycles. The third-order valence-electron chi connectivity index (χ3n) is 3.60. The highest BCUT2D eigenvalue weighted by Gasteiger charge is 2.00. The van der Waals surface area contributed by atoms with E-state index in [9.17, 15) is 4.79 Å². The molecule has 0 amide bonds. The van der Waals surface area contributed by atoms with Gasteiger partial charge >= 0.3 is 5.97 Å². The zero-order chi connectivity index (χ0) is 16.9. The zero-order valence-electron chi connectivity index (χ0n) is 14.2. The summed E-state index contributed by atoms with van der Waals surface area (Å²) in [4.78, 5) is 11.0. The van der Waals surface area contributed by atoms with Crippen LogP contribution in [-0.2, 0) is 16.0 Å². The molecule has 1 aromatic rings. The van der Waals surface area contributed by atoms with Crippen molar-refractivity contribution in [2.24, 2.45) is 0 Å². The SMILES string of the molecule is CCCCc1ccc(NC(=S)NCCCCCC(=O)OC)cc1. The third kappa shape index (κ3) is 9.18. The number of ether oxygens (including phenoxy) is 1. The van der Waals surface area contributed by atoms with Crippen molar-refractivity contribution >= 4 is 29.0 Å². The summed E-state index contributed by atoms with van der Waals surface area (Å²) in [6.07, 6.45) is 6.88. The van der Waals surface area contributed by atoms with Crippen molar-refractivity contribution in [3.8, 4) is 0 Å². The summed E-state index contributed by atoms with van der Waals surface area (Å²) in [5.74, 6) is -0.141. The van der Waals surface area contributed by atoms with E-state index in [1.165, 1.54) is 25.5 Å². The van der Waals surface area contributed by atoms with E-state index in [0.29, 0.717) is 11.5 Å². The highest BCUT2D eigenvalue weighted by atomic mass is 32.1. The Morgan fingerprint density at radius 3 is 2.52 bits per heavy atom. The fraction of sp³-hybridized carbons (Fsp3) is 0.556. The van der Waals surface area contributed by atoms with Crippen LogP contribution in [-0.4, -0.2) is 24.7 Å². The molecule has 0 spiro atoms. The molecule has 0 unspecified atom stereocenters. The maximum atomic E-state index is 11.0. The predicted octanol–water partition coefficient (Wildman–Crippen LogP) is 4.05. The number of hydrogen-bond acceptors (Lipinski definition) is 3. The van der Waals surface area contributed by atoms with Crippen molar-refractivity contribution in [2.75, 3.05) is 19.0 Å². The van der Waals surface area contributed by atoms with Crippen molar-refractivity contribution < 1.29 is 9.53 Å². The standard InChI is InChI=1S/C18H28N2O2S/c1-3-4-8-15-10-12-16(13-11-15)20-18(23)19-14-7-5-6-9-17(21)22-2/h10-13H,3-9,14H2,1-2H3,(H2,19,20,23). The van der Waals surface area contributed by atoms with E-state index in [-0.39, 0.29) is 5.97 Å². The van der Waals surface area contributed by atoms with E-state index in [0.717, 1.165) is 37.9 Å². The first-order valence-electron chi connectivity index (χ1n) is 8.36. The monoisotopic (exact) mass is 336 g/mol. The van der Waals surface area contributed by atoms with Crippen molar-refractivity contribution in [1.29, 1.82) is 0 Å². The van der Waals surface area contributed by atoms with E-state index in [2.05, 4.69) is 46.6 Å². The number of methoxy groups -OCH3 is 1. The molecule has 23 heavy (non-hydrogen) atoms. The Morgan fingerprint density at radius 1 is 1.13 bits per heavy atom. The number of nitrogens with one attached hydrogen (secondary N) is 2. The average molecular weight is 337 g/mol. The highest BCUT2D eigenvalue weighted by molar-refractivity contribution is 7.80. The molecule has 0 radical (unpaired) electrons. The molecule has 5 heteroatoms. The van der Waals surface area contributed by atoms with Crippen LogP contribution in [0.5, 0.6) is 0 Å². The minimum atomic E-state index is -0.141. The maximum absolute atomic E-state index is 11.0. The van der Waals surface area contributed by atoms with Gasteiger partial charge in [-0.1, -0.05) is 31.9 Å². The number of rotatable bonds is 10. The van der Waals surface area contributed by atoms with E-state index in [1.807, 2.05) is 0 Å². The molecule has 0 saturated carbocycles. The van der Waals surface area contributed by atoms with Crippen LogP contribution in [0.15, 0.2) is 24.3 Å². The fourth-order valence-electron chi connectivity index (χ4n) is 2.19. The molecule has 0 saturated heterocycles. The predicted molar refractivity (Wildman–Crippen MR) is 99.8 cm³/mol. The van der Waals surface area contributed by atoms with E-state index in [4.69, 9.17) is 12.2 Å². The molecule has 0 atom stereocenters. The molecule has 0 heterocycles. The number of hydrogen-bond donors (Lipinski definition) is 2. The van der Waals surface area contributed by atoms with Gasteiger partial charge in [0, 0.05) is 18.7 Å². The summed E-state index contributed by atoms with van der Waals surface area (Å²) in [6, 6.07) is 8.42. The molecular formula is C18H28N2O2S. The second kappa shape index (κ2) is 11.9. The number of unbranched alkanes of at least 4 members (excludes halogenated alkanes) is 3. The molecule has 0 aliphatic rings. The molecule has 0 fully saturated rings. The van der Waals surface area contributed by atoms with E-state index < -0.39 is 0 Å². The summed E-state index contributed by atoms with van der Waals surface area (Å²) in [7, 11) is 1.42. The van der Waals surface area contributed by atoms with Gasteiger partial charge in [-0.05, 0) is 55.6 Å². The minimum absolute atomic E-state index is 0.141. The van der Waals surface area contributed by atoms with E-state index in [1.54, 1.807) is 0 Å². The van der Waals surface area contributed by atoms with Gasteiger partial charge < -0.3 is 15.4 Å². The van der Waals surface area contributed by atoms with Gasteiger partial charge in [0.1, 0.15) is 0 Å². The lowest BCUT2D eigenvalue weighted by Gasteiger charge is -2.11. The quantitative estimate of drug-likeness (QED) is 0.383. The van der Waals surface area contributed by atoms with Gasteiger partial charge in [0.2, 0.25) is 0 Å². The molecule has 128 valence electrons. The number of aryl methyl sites for hydroxylation is 1. The third-order valence-corrected chi connectivity index (χ3v) is 3.85. The molecule has 4 nitrogen and oxygen atoms in total. The highest BCUT2D eigenvalue weighted by Crippen LogP contribution is 2.11. The van der Waals surface area contributed by atoms with Crippen molar-refractivity contribution in [3.63, 3.8) is 0 Å². The lowest BCUT2D eigenvalue weighted by Crippen LogP contribution is -2.29. The van der Waals surface area contributed by atoms with Gasteiger partial charge in [0.25, 0.3) is 0 Å². The smallest absolute Gasteiger partial charge is 0.305 e. The van der Waals surface area contributed by atoms with E-state index >= 15 is 0 Å². The van der Waals surface area contributed by atoms with Crippen LogP contribution in [0.25, 0.3) is 0 Å². The van der Waals surface area contributed by atoms with Crippen molar-refractivity contribution in [3.05, 3.63) is 29.8 Å². The Morgan fingerprint density at radius 2 is 1.87 bits per heavy atom. The Bertz CT molecular complexity index is 474. The molecule has 0 aliphatic heterocycles. The number of anilines is 1. The van der Waals surface area contributed by atoms with Crippen LogP contribution < -0.4 is 10.6 Å². The van der Waals surface area contributed by atoms with Crippen LogP contribution in [0, 0.1) is 0 Å². The van der Waals surface area contributed by atoms with Gasteiger partial charge in [-0.25, -0.2) is 0 Å². The normalized spacial score (nSPS) is 10.2. The molecule has 0 aliphatic carbocycles. The Hall–Kier alpha value is -1.62. The molecule has 2 N–H and O–H groups in total. The zero-order valence-corrected chi connectivity index (χ0v) is 15.0. The number of benzene rings is 1. The average Bonchev–Trinajstić information content (AvgIpc) is 2.57. The van der Waals surface area contributed by atoms with Gasteiger partial charge in [0.05, 0.1) is 7.11 Å². The fourth-order valence-corrected chi connectivity index (χ4v) is 2.41. The van der Waals surface area contributed by atoms with Gasteiger partial charge in [-0.3, -0.25) is 4.79 Å². The maximum Gasteiger partial charge on any atom is 0.305 e. The Kier molecular flexibility index (Phi) is 10.0. The second-order valence-corrected chi connectivity index (χ2v) is 5.98. The molecular weight excluding hydrogens is 308 g/mol. The van der Waals surface area contributed by atoms with Gasteiger partial charge in [-0.15, -0.1) is 0 Å². The number of esters is 1. The van der Waals surface area contributed by atoms with Crippen LogP contribution in [0.3, 0.4) is 0 Å². The van der Waals surface area contributed by atoms with Crippen LogP contribution in [0.2, 0.25) is 0 Å². The second-order valence-electron chi connectivity index (χ2n) is 5.57. The Labute approximate surface area is 145 Å². The van der Waals surface area contributed by atoms with Crippen LogP contribution in [0.4, 0.5) is 5.69 Å². The van der Waals surface area contributed by atoms with Crippen LogP contribution in [0.1, 0.15) is 51.0 Å². The first-order chi connectivity index (χ1) is 11.2. The minimum Gasteiger partial charge on any atom is -0.469 e.